The smallest absolute Gasteiger partial charge is 0.412 e. The Hall–Kier alpha value is -3.00. The molecule has 0 heterocycles. The van der Waals surface area contributed by atoms with Crippen LogP contribution in [0.5, 0.6) is 5.75 Å². The molecule has 106 valence electrons. The van der Waals surface area contributed by atoms with Crippen LogP contribution in [0.25, 0.3) is 0 Å². The number of nitriles is 1. The third kappa shape index (κ3) is 3.98. The molecule has 0 aliphatic heterocycles. The molecule has 1 N–H and O–H groups in total. The number of amides is 1. The zero-order chi connectivity index (χ0) is 15.1. The lowest BCUT2D eigenvalue weighted by Crippen LogP contribution is -2.14. The van der Waals surface area contributed by atoms with E-state index in [-0.39, 0.29) is 6.61 Å². The van der Waals surface area contributed by atoms with Gasteiger partial charge in [-0.15, -0.1) is 0 Å². The van der Waals surface area contributed by atoms with Crippen LogP contribution in [-0.4, -0.2) is 13.2 Å². The van der Waals surface area contributed by atoms with Crippen LogP contribution in [-0.2, 0) is 11.3 Å². The van der Waals surface area contributed by atoms with Crippen LogP contribution in [0, 0.1) is 11.3 Å². The normalized spacial score (nSPS) is 9.52. The highest BCUT2D eigenvalue weighted by molar-refractivity contribution is 5.87. The zero-order valence-corrected chi connectivity index (χ0v) is 11.5. The second kappa shape index (κ2) is 6.96. The van der Waals surface area contributed by atoms with Gasteiger partial charge in [0.05, 0.1) is 24.4 Å². The number of carbonyl (C=O) groups excluding carboxylic acids is 1. The van der Waals surface area contributed by atoms with Gasteiger partial charge in [0, 0.05) is 0 Å². The molecule has 2 rings (SSSR count). The van der Waals surface area contributed by atoms with E-state index in [4.69, 9.17) is 14.7 Å². The van der Waals surface area contributed by atoms with Gasteiger partial charge in [0.1, 0.15) is 12.4 Å². The summed E-state index contributed by atoms with van der Waals surface area (Å²) in [4.78, 5) is 11.8. The Balaban J connectivity index is 2.01. The van der Waals surface area contributed by atoms with Crippen molar-refractivity contribution in [2.75, 3.05) is 12.4 Å². The summed E-state index contributed by atoms with van der Waals surface area (Å²) in [6.45, 7) is 0.174. The summed E-state index contributed by atoms with van der Waals surface area (Å²) in [6, 6.07) is 16.1. The van der Waals surface area contributed by atoms with Crippen molar-refractivity contribution in [2.45, 2.75) is 6.61 Å². The highest BCUT2D eigenvalue weighted by Crippen LogP contribution is 2.25. The molecule has 5 heteroatoms. The predicted octanol–water partition coefficient (Wildman–Crippen LogP) is 3.32. The molecule has 0 atom stereocenters. The van der Waals surface area contributed by atoms with Gasteiger partial charge in [0.15, 0.2) is 0 Å². The van der Waals surface area contributed by atoms with Crippen molar-refractivity contribution in [3.05, 3.63) is 59.7 Å². The van der Waals surface area contributed by atoms with Gasteiger partial charge >= 0.3 is 6.09 Å². The lowest BCUT2D eigenvalue weighted by molar-refractivity contribution is 0.155. The minimum atomic E-state index is -0.604. The molecule has 0 aromatic heterocycles. The van der Waals surface area contributed by atoms with Crippen molar-refractivity contribution in [2.24, 2.45) is 0 Å². The molecule has 2 aromatic rings. The molecule has 1 amide bonds. The van der Waals surface area contributed by atoms with Crippen LogP contribution >= 0.6 is 0 Å². The lowest BCUT2D eigenvalue weighted by atomic mass is 10.2. The first-order chi connectivity index (χ1) is 10.2. The monoisotopic (exact) mass is 282 g/mol. The first-order valence-electron chi connectivity index (χ1n) is 6.29. The van der Waals surface area contributed by atoms with E-state index in [1.807, 2.05) is 36.4 Å². The van der Waals surface area contributed by atoms with Gasteiger partial charge in [-0.05, 0) is 23.8 Å². The molecule has 0 aliphatic carbocycles. The van der Waals surface area contributed by atoms with E-state index in [1.54, 1.807) is 12.1 Å². The highest BCUT2D eigenvalue weighted by Gasteiger charge is 2.09. The summed E-state index contributed by atoms with van der Waals surface area (Å²) in [7, 11) is 1.49. The Bertz CT molecular complexity index is 663. The van der Waals surface area contributed by atoms with Crippen molar-refractivity contribution < 1.29 is 14.3 Å². The average molecular weight is 282 g/mol. The number of methoxy groups -OCH3 is 1. The fraction of sp³-hybridized carbons (Fsp3) is 0.125. The summed E-state index contributed by atoms with van der Waals surface area (Å²) in [5, 5.41) is 11.4. The maximum absolute atomic E-state index is 11.8. The van der Waals surface area contributed by atoms with Gasteiger partial charge < -0.3 is 9.47 Å². The topological polar surface area (TPSA) is 71.3 Å². The molecule has 0 spiro atoms. The molecule has 5 nitrogen and oxygen atoms in total. The molecule has 0 fully saturated rings. The van der Waals surface area contributed by atoms with Gasteiger partial charge in [-0.25, -0.2) is 4.79 Å². The second-order valence-electron chi connectivity index (χ2n) is 4.21. The number of anilines is 1. The summed E-state index contributed by atoms with van der Waals surface area (Å²) < 4.78 is 10.2. The minimum Gasteiger partial charge on any atom is -0.495 e. The summed E-state index contributed by atoms with van der Waals surface area (Å²) >= 11 is 0. The van der Waals surface area contributed by atoms with E-state index in [9.17, 15) is 4.79 Å². The number of hydrogen-bond donors (Lipinski definition) is 1. The van der Waals surface area contributed by atoms with Crippen molar-refractivity contribution in [1.29, 1.82) is 5.26 Å². The Morgan fingerprint density at radius 2 is 2.00 bits per heavy atom. The molecule has 0 unspecified atom stereocenters. The molecule has 0 bridgehead atoms. The highest BCUT2D eigenvalue weighted by atomic mass is 16.5. The van der Waals surface area contributed by atoms with Gasteiger partial charge in [-0.2, -0.15) is 5.26 Å². The third-order valence-corrected chi connectivity index (χ3v) is 2.78. The fourth-order valence-electron chi connectivity index (χ4n) is 1.74. The molecule has 0 aliphatic rings. The predicted molar refractivity (Wildman–Crippen MR) is 78.0 cm³/mol. The maximum atomic E-state index is 11.8. The van der Waals surface area contributed by atoms with Crippen LogP contribution < -0.4 is 10.1 Å². The Morgan fingerprint density at radius 3 is 2.67 bits per heavy atom. The van der Waals surface area contributed by atoms with Crippen LogP contribution in [0.4, 0.5) is 10.5 Å². The van der Waals surface area contributed by atoms with E-state index in [0.717, 1.165) is 5.56 Å². The Labute approximate surface area is 122 Å². The van der Waals surface area contributed by atoms with Gasteiger partial charge in [-0.1, -0.05) is 30.3 Å². The van der Waals surface area contributed by atoms with Crippen molar-refractivity contribution in [1.82, 2.24) is 0 Å². The number of benzene rings is 2. The van der Waals surface area contributed by atoms with E-state index in [0.29, 0.717) is 17.0 Å². The van der Waals surface area contributed by atoms with Crippen LogP contribution in [0.2, 0.25) is 0 Å². The average Bonchev–Trinajstić information content (AvgIpc) is 2.54. The van der Waals surface area contributed by atoms with Crippen molar-refractivity contribution in [3.8, 4) is 11.8 Å². The molecule has 2 aromatic carbocycles. The van der Waals surface area contributed by atoms with Gasteiger partial charge in [0.2, 0.25) is 0 Å². The van der Waals surface area contributed by atoms with E-state index >= 15 is 0 Å². The Morgan fingerprint density at radius 1 is 1.24 bits per heavy atom. The molecule has 0 radical (unpaired) electrons. The first kappa shape index (κ1) is 14.4. The SMILES string of the molecule is COc1ccc(C#N)cc1NC(=O)OCc1ccccc1. The summed E-state index contributed by atoms with van der Waals surface area (Å²) in [5.74, 6) is 0.464. The van der Waals surface area contributed by atoms with Crippen molar-refractivity contribution in [3.63, 3.8) is 0 Å². The number of ether oxygens (including phenoxy) is 2. The first-order valence-corrected chi connectivity index (χ1v) is 6.29. The molecule has 0 saturated carbocycles. The number of nitrogens with zero attached hydrogens (tertiary/aromatic N) is 1. The van der Waals surface area contributed by atoms with Crippen LogP contribution in [0.3, 0.4) is 0 Å². The fourth-order valence-corrected chi connectivity index (χ4v) is 1.74. The standard InChI is InChI=1S/C16H14N2O3/c1-20-15-8-7-13(10-17)9-14(15)18-16(19)21-11-12-5-3-2-4-6-12/h2-9H,11H2,1H3,(H,18,19). The maximum Gasteiger partial charge on any atom is 0.412 e. The largest absolute Gasteiger partial charge is 0.495 e. The zero-order valence-electron chi connectivity index (χ0n) is 11.5. The van der Waals surface area contributed by atoms with Gasteiger partial charge in [-0.3, -0.25) is 5.32 Å². The Kier molecular flexibility index (Phi) is 4.78. The number of hydrogen-bond acceptors (Lipinski definition) is 4. The van der Waals surface area contributed by atoms with E-state index < -0.39 is 6.09 Å². The number of carbonyl (C=O) groups is 1. The van der Waals surface area contributed by atoms with Crippen molar-refractivity contribution >= 4 is 11.8 Å². The summed E-state index contributed by atoms with van der Waals surface area (Å²) in [6.07, 6.45) is -0.604. The summed E-state index contributed by atoms with van der Waals surface area (Å²) in [5.41, 5.74) is 1.72. The van der Waals surface area contributed by atoms with Crippen LogP contribution in [0.15, 0.2) is 48.5 Å². The quantitative estimate of drug-likeness (QED) is 0.933. The second-order valence-corrected chi connectivity index (χ2v) is 4.21. The van der Waals surface area contributed by atoms with Crippen LogP contribution in [0.1, 0.15) is 11.1 Å². The van der Waals surface area contributed by atoms with Gasteiger partial charge in [0.25, 0.3) is 0 Å². The molecule has 21 heavy (non-hydrogen) atoms. The van der Waals surface area contributed by atoms with E-state index in [1.165, 1.54) is 13.2 Å². The molecular formula is C16H14N2O3. The minimum absolute atomic E-state index is 0.174. The lowest BCUT2D eigenvalue weighted by Gasteiger charge is -2.11. The number of rotatable bonds is 4. The third-order valence-electron chi connectivity index (χ3n) is 2.78. The number of nitrogens with one attached hydrogen (secondary N) is 1. The molecule has 0 saturated heterocycles. The molecular weight excluding hydrogens is 268 g/mol. The van der Waals surface area contributed by atoms with E-state index in [2.05, 4.69) is 5.32 Å².